The second-order valence-corrected chi connectivity index (χ2v) is 6.63. The molecule has 0 amide bonds. The van der Waals surface area contributed by atoms with Crippen LogP contribution in [0.4, 0.5) is 0 Å². The third kappa shape index (κ3) is 4.16. The maximum Gasteiger partial charge on any atom is 0.216 e. The van der Waals surface area contributed by atoms with Gasteiger partial charge in [0.2, 0.25) is 5.88 Å². The SMILES string of the molecule is CN(C)CCOc1cc(C2CC2)nc(C(C)(C)C)n1. The minimum atomic E-state index is -0.0371. The van der Waals surface area contributed by atoms with Crippen molar-refractivity contribution in [2.24, 2.45) is 0 Å². The van der Waals surface area contributed by atoms with Crippen molar-refractivity contribution in [3.05, 3.63) is 17.6 Å². The highest BCUT2D eigenvalue weighted by Gasteiger charge is 2.28. The van der Waals surface area contributed by atoms with E-state index >= 15 is 0 Å². The van der Waals surface area contributed by atoms with Gasteiger partial charge in [0.25, 0.3) is 0 Å². The lowest BCUT2D eigenvalue weighted by Crippen LogP contribution is -2.21. The van der Waals surface area contributed by atoms with E-state index in [2.05, 4.69) is 30.7 Å². The van der Waals surface area contributed by atoms with E-state index in [1.807, 2.05) is 20.2 Å². The molecule has 1 heterocycles. The molecule has 0 saturated heterocycles. The predicted molar refractivity (Wildman–Crippen MR) is 76.8 cm³/mol. The maximum atomic E-state index is 5.78. The van der Waals surface area contributed by atoms with Crippen LogP contribution in [-0.2, 0) is 5.41 Å². The Hall–Kier alpha value is -1.16. The molecule has 0 unspecified atom stereocenters. The van der Waals surface area contributed by atoms with Crippen LogP contribution in [0.1, 0.15) is 51.0 Å². The van der Waals surface area contributed by atoms with Gasteiger partial charge in [-0.2, -0.15) is 4.98 Å². The number of nitrogens with zero attached hydrogens (tertiary/aromatic N) is 3. The summed E-state index contributed by atoms with van der Waals surface area (Å²) in [7, 11) is 4.08. The van der Waals surface area contributed by atoms with E-state index in [1.165, 1.54) is 12.8 Å². The van der Waals surface area contributed by atoms with Gasteiger partial charge in [-0.25, -0.2) is 4.98 Å². The Morgan fingerprint density at radius 1 is 1.26 bits per heavy atom. The first-order valence-electron chi connectivity index (χ1n) is 7.03. The summed E-state index contributed by atoms with van der Waals surface area (Å²) < 4.78 is 5.78. The molecule has 1 aliphatic rings. The second-order valence-electron chi connectivity index (χ2n) is 6.63. The first kappa shape index (κ1) is 14.3. The van der Waals surface area contributed by atoms with Crippen LogP contribution >= 0.6 is 0 Å². The highest BCUT2D eigenvalue weighted by molar-refractivity contribution is 5.24. The first-order valence-corrected chi connectivity index (χ1v) is 7.03. The van der Waals surface area contributed by atoms with Gasteiger partial charge in [-0.1, -0.05) is 20.8 Å². The summed E-state index contributed by atoms with van der Waals surface area (Å²) in [6.07, 6.45) is 2.50. The molecule has 0 atom stereocenters. The molecule has 1 fully saturated rings. The van der Waals surface area contributed by atoms with E-state index in [-0.39, 0.29) is 5.41 Å². The first-order chi connectivity index (χ1) is 8.86. The van der Waals surface area contributed by atoms with Crippen LogP contribution in [0.5, 0.6) is 5.88 Å². The predicted octanol–water partition coefficient (Wildman–Crippen LogP) is 2.59. The van der Waals surface area contributed by atoms with Gasteiger partial charge in [0.1, 0.15) is 12.4 Å². The molecular weight excluding hydrogens is 238 g/mol. The summed E-state index contributed by atoms with van der Waals surface area (Å²) in [5, 5.41) is 0. The van der Waals surface area contributed by atoms with Gasteiger partial charge >= 0.3 is 0 Å². The fourth-order valence-corrected chi connectivity index (χ4v) is 1.77. The van der Waals surface area contributed by atoms with Crippen molar-refractivity contribution in [1.82, 2.24) is 14.9 Å². The van der Waals surface area contributed by atoms with E-state index in [1.54, 1.807) is 0 Å². The standard InChI is InChI=1S/C15H25N3O/c1-15(2,3)14-16-12(11-6-7-11)10-13(17-14)19-9-8-18(4)5/h10-11H,6-9H2,1-5H3. The average Bonchev–Trinajstić information content (AvgIpc) is 3.10. The molecule has 0 N–H and O–H groups in total. The Kier molecular flexibility index (Phi) is 4.09. The molecule has 1 aromatic heterocycles. The van der Waals surface area contributed by atoms with E-state index < -0.39 is 0 Å². The summed E-state index contributed by atoms with van der Waals surface area (Å²) in [4.78, 5) is 11.4. The Labute approximate surface area is 116 Å². The number of hydrogen-bond acceptors (Lipinski definition) is 4. The summed E-state index contributed by atoms with van der Waals surface area (Å²) in [5.74, 6) is 2.24. The number of rotatable bonds is 5. The van der Waals surface area contributed by atoms with Crippen molar-refractivity contribution in [3.63, 3.8) is 0 Å². The van der Waals surface area contributed by atoms with Gasteiger partial charge < -0.3 is 9.64 Å². The van der Waals surface area contributed by atoms with Crippen molar-refractivity contribution in [2.45, 2.75) is 44.9 Å². The van der Waals surface area contributed by atoms with Crippen LogP contribution in [0.3, 0.4) is 0 Å². The molecule has 0 aromatic carbocycles. The Morgan fingerprint density at radius 3 is 2.47 bits per heavy atom. The smallest absolute Gasteiger partial charge is 0.216 e. The molecule has 1 aliphatic carbocycles. The minimum absolute atomic E-state index is 0.0371. The minimum Gasteiger partial charge on any atom is -0.476 e. The largest absolute Gasteiger partial charge is 0.476 e. The zero-order chi connectivity index (χ0) is 14.0. The maximum absolute atomic E-state index is 5.78. The molecule has 19 heavy (non-hydrogen) atoms. The van der Waals surface area contributed by atoms with Crippen molar-refractivity contribution >= 4 is 0 Å². The van der Waals surface area contributed by atoms with Crippen molar-refractivity contribution in [1.29, 1.82) is 0 Å². The van der Waals surface area contributed by atoms with Gasteiger partial charge in [0.15, 0.2) is 0 Å². The van der Waals surface area contributed by atoms with Crippen molar-refractivity contribution in [3.8, 4) is 5.88 Å². The fourth-order valence-electron chi connectivity index (χ4n) is 1.77. The average molecular weight is 263 g/mol. The van der Waals surface area contributed by atoms with Crippen molar-refractivity contribution < 1.29 is 4.74 Å². The summed E-state index contributed by atoms with van der Waals surface area (Å²) in [6.45, 7) is 7.99. The molecule has 1 aromatic rings. The molecule has 0 bridgehead atoms. The monoisotopic (exact) mass is 263 g/mol. The highest BCUT2D eigenvalue weighted by Crippen LogP contribution is 2.40. The fraction of sp³-hybridized carbons (Fsp3) is 0.733. The lowest BCUT2D eigenvalue weighted by Gasteiger charge is -2.19. The van der Waals surface area contributed by atoms with Gasteiger partial charge in [0, 0.05) is 23.9 Å². The zero-order valence-corrected chi connectivity index (χ0v) is 12.7. The lowest BCUT2D eigenvalue weighted by atomic mass is 9.95. The van der Waals surface area contributed by atoms with Gasteiger partial charge in [-0.05, 0) is 26.9 Å². The number of likely N-dealkylation sites (N-methyl/N-ethyl adjacent to an activating group) is 1. The summed E-state index contributed by atoms with van der Waals surface area (Å²) >= 11 is 0. The van der Waals surface area contributed by atoms with E-state index in [0.717, 1.165) is 23.9 Å². The number of ether oxygens (including phenoxy) is 1. The summed E-state index contributed by atoms with van der Waals surface area (Å²) in [6, 6.07) is 2.02. The van der Waals surface area contributed by atoms with E-state index in [9.17, 15) is 0 Å². The quantitative estimate of drug-likeness (QED) is 0.818. The number of hydrogen-bond donors (Lipinski definition) is 0. The molecule has 4 nitrogen and oxygen atoms in total. The second kappa shape index (κ2) is 5.45. The van der Waals surface area contributed by atoms with Crippen LogP contribution in [0.25, 0.3) is 0 Å². The van der Waals surface area contributed by atoms with Crippen LogP contribution in [0.2, 0.25) is 0 Å². The van der Waals surface area contributed by atoms with E-state index in [4.69, 9.17) is 9.72 Å². The van der Waals surface area contributed by atoms with Gasteiger partial charge in [-0.3, -0.25) is 0 Å². The van der Waals surface area contributed by atoms with Crippen LogP contribution < -0.4 is 4.74 Å². The Bertz CT molecular complexity index is 434. The molecule has 2 rings (SSSR count). The van der Waals surface area contributed by atoms with Gasteiger partial charge in [0.05, 0.1) is 5.69 Å². The Balaban J connectivity index is 2.15. The summed E-state index contributed by atoms with van der Waals surface area (Å²) in [5.41, 5.74) is 1.12. The molecule has 106 valence electrons. The molecule has 4 heteroatoms. The normalized spacial score (nSPS) is 15.9. The van der Waals surface area contributed by atoms with Crippen molar-refractivity contribution in [2.75, 3.05) is 27.2 Å². The Morgan fingerprint density at radius 2 is 1.95 bits per heavy atom. The van der Waals surface area contributed by atoms with Crippen LogP contribution in [0, 0.1) is 0 Å². The number of aromatic nitrogens is 2. The van der Waals surface area contributed by atoms with Crippen LogP contribution in [0.15, 0.2) is 6.07 Å². The molecule has 0 spiro atoms. The highest BCUT2D eigenvalue weighted by atomic mass is 16.5. The molecule has 0 radical (unpaired) electrons. The zero-order valence-electron chi connectivity index (χ0n) is 12.7. The molecular formula is C15H25N3O. The topological polar surface area (TPSA) is 38.2 Å². The van der Waals surface area contributed by atoms with Crippen LogP contribution in [-0.4, -0.2) is 42.1 Å². The molecule has 0 aliphatic heterocycles. The lowest BCUT2D eigenvalue weighted by molar-refractivity contribution is 0.251. The molecule has 1 saturated carbocycles. The van der Waals surface area contributed by atoms with Gasteiger partial charge in [-0.15, -0.1) is 0 Å². The third-order valence-corrected chi connectivity index (χ3v) is 3.18. The van der Waals surface area contributed by atoms with E-state index in [0.29, 0.717) is 12.5 Å². The third-order valence-electron chi connectivity index (χ3n) is 3.18.